The van der Waals surface area contributed by atoms with Crippen LogP contribution in [0.5, 0.6) is 0 Å². The number of hydrogen-bond acceptors (Lipinski definition) is 4. The quantitative estimate of drug-likeness (QED) is 0.652. The molecule has 112 valence electrons. The summed E-state index contributed by atoms with van der Waals surface area (Å²) >= 11 is 5.91. The number of benzene rings is 1. The van der Waals surface area contributed by atoms with Gasteiger partial charge in [0.1, 0.15) is 5.15 Å². The van der Waals surface area contributed by atoms with Gasteiger partial charge in [0.2, 0.25) is 5.89 Å². The van der Waals surface area contributed by atoms with Gasteiger partial charge in [-0.1, -0.05) is 17.7 Å². The van der Waals surface area contributed by atoms with Gasteiger partial charge < -0.3 is 4.42 Å². The molecule has 8 heteroatoms. The summed E-state index contributed by atoms with van der Waals surface area (Å²) in [6.07, 6.45) is -2.94. The molecule has 0 radical (unpaired) electrons. The molecule has 22 heavy (non-hydrogen) atoms. The zero-order valence-electron chi connectivity index (χ0n) is 10.8. The molecular weight excluding hydrogens is 319 g/mol. The highest BCUT2D eigenvalue weighted by atomic mass is 35.5. The zero-order valence-corrected chi connectivity index (χ0v) is 11.6. The van der Waals surface area contributed by atoms with E-state index in [-0.39, 0.29) is 22.5 Å². The Hall–Kier alpha value is -2.41. The minimum absolute atomic E-state index is 0.0268. The van der Waals surface area contributed by atoms with Gasteiger partial charge in [0.25, 0.3) is 5.89 Å². The van der Waals surface area contributed by atoms with Crippen LogP contribution in [0.1, 0.15) is 5.56 Å². The number of pyridine rings is 1. The molecule has 0 aliphatic carbocycles. The first-order chi connectivity index (χ1) is 10.4. The Balaban J connectivity index is 2.00. The molecule has 0 N–H and O–H groups in total. The van der Waals surface area contributed by atoms with Crippen molar-refractivity contribution in [3.63, 3.8) is 0 Å². The van der Waals surface area contributed by atoms with Gasteiger partial charge in [-0.2, -0.15) is 13.2 Å². The van der Waals surface area contributed by atoms with Crippen LogP contribution in [0, 0.1) is 0 Å². The Kier molecular flexibility index (Phi) is 3.58. The molecule has 0 bridgehead atoms. The Morgan fingerprint density at radius 2 is 1.77 bits per heavy atom. The van der Waals surface area contributed by atoms with E-state index in [0.29, 0.717) is 5.56 Å². The fourth-order valence-electron chi connectivity index (χ4n) is 1.82. The molecular formula is C14H7ClF3N3O. The van der Waals surface area contributed by atoms with Crippen LogP contribution < -0.4 is 0 Å². The summed E-state index contributed by atoms with van der Waals surface area (Å²) in [5.74, 6) is 0.0616. The lowest BCUT2D eigenvalue weighted by Crippen LogP contribution is -2.04. The maximum absolute atomic E-state index is 12.7. The molecule has 0 unspecified atom stereocenters. The van der Waals surface area contributed by atoms with Crippen LogP contribution in [0.4, 0.5) is 13.2 Å². The van der Waals surface area contributed by atoms with Gasteiger partial charge in [-0.05, 0) is 30.3 Å². The third-order valence-corrected chi connectivity index (χ3v) is 3.15. The lowest BCUT2D eigenvalue weighted by molar-refractivity contribution is -0.137. The van der Waals surface area contributed by atoms with Gasteiger partial charge in [-0.3, -0.25) is 0 Å². The maximum atomic E-state index is 12.7. The number of halogens is 4. The molecule has 0 fully saturated rings. The summed E-state index contributed by atoms with van der Waals surface area (Å²) in [7, 11) is 0. The van der Waals surface area contributed by atoms with Crippen LogP contribution in [0.25, 0.3) is 22.9 Å². The van der Waals surface area contributed by atoms with Crippen molar-refractivity contribution in [2.24, 2.45) is 0 Å². The largest absolute Gasteiger partial charge is 0.416 e. The summed E-state index contributed by atoms with van der Waals surface area (Å²) < 4.78 is 43.5. The van der Waals surface area contributed by atoms with Gasteiger partial charge in [-0.15, -0.1) is 10.2 Å². The lowest BCUT2D eigenvalue weighted by atomic mass is 10.1. The molecule has 1 aromatic carbocycles. The molecule has 0 saturated carbocycles. The fraction of sp³-hybridized carbons (Fsp3) is 0.0714. The van der Waals surface area contributed by atoms with Crippen molar-refractivity contribution < 1.29 is 17.6 Å². The molecule has 0 aliphatic rings. The minimum Gasteiger partial charge on any atom is -0.416 e. The summed E-state index contributed by atoms with van der Waals surface area (Å²) in [5.41, 5.74) is -0.201. The summed E-state index contributed by atoms with van der Waals surface area (Å²) in [6, 6.07) is 7.91. The van der Waals surface area contributed by atoms with Crippen molar-refractivity contribution in [2.45, 2.75) is 6.18 Å². The van der Waals surface area contributed by atoms with E-state index in [1.807, 2.05) is 0 Å². The lowest BCUT2D eigenvalue weighted by Gasteiger charge is -2.06. The van der Waals surface area contributed by atoms with Crippen LogP contribution in [-0.2, 0) is 6.18 Å². The SMILES string of the molecule is FC(F)(F)c1cccc(-c2nnc(-c3cccnc3Cl)o2)c1. The molecule has 4 nitrogen and oxygen atoms in total. The van der Waals surface area contributed by atoms with Gasteiger partial charge in [0, 0.05) is 11.8 Å². The Morgan fingerprint density at radius 1 is 1.00 bits per heavy atom. The first kappa shape index (κ1) is 14.5. The second-order valence-electron chi connectivity index (χ2n) is 4.33. The third kappa shape index (κ3) is 2.80. The number of nitrogens with zero attached hydrogens (tertiary/aromatic N) is 3. The van der Waals surface area contributed by atoms with Crippen molar-refractivity contribution in [2.75, 3.05) is 0 Å². The van der Waals surface area contributed by atoms with Crippen LogP contribution >= 0.6 is 11.6 Å². The van der Waals surface area contributed by atoms with Crippen LogP contribution in [0.2, 0.25) is 5.15 Å². The van der Waals surface area contributed by atoms with E-state index in [4.69, 9.17) is 16.0 Å². The maximum Gasteiger partial charge on any atom is 0.416 e. The van der Waals surface area contributed by atoms with Crippen molar-refractivity contribution in [1.82, 2.24) is 15.2 Å². The second-order valence-corrected chi connectivity index (χ2v) is 4.69. The van der Waals surface area contributed by atoms with Crippen LogP contribution in [-0.4, -0.2) is 15.2 Å². The predicted octanol–water partition coefficient (Wildman–Crippen LogP) is 4.47. The standard InChI is InChI=1S/C14H7ClF3N3O/c15-11-10(5-2-6-19-11)13-21-20-12(22-13)8-3-1-4-9(7-8)14(16,17)18/h1-7H. The second kappa shape index (κ2) is 5.42. The van der Waals surface area contributed by atoms with E-state index in [2.05, 4.69) is 15.2 Å². The summed E-state index contributed by atoms with van der Waals surface area (Å²) in [6.45, 7) is 0. The minimum atomic E-state index is -4.44. The molecule has 0 saturated heterocycles. The first-order valence-electron chi connectivity index (χ1n) is 6.07. The molecule has 3 aromatic rings. The normalized spacial score (nSPS) is 11.6. The Bertz CT molecular complexity index is 817. The molecule has 0 amide bonds. The van der Waals surface area contributed by atoms with E-state index >= 15 is 0 Å². The van der Waals surface area contributed by atoms with Gasteiger partial charge in [-0.25, -0.2) is 4.98 Å². The fourth-order valence-corrected chi connectivity index (χ4v) is 2.02. The number of aromatic nitrogens is 3. The third-order valence-electron chi connectivity index (χ3n) is 2.85. The summed E-state index contributed by atoms with van der Waals surface area (Å²) in [5, 5.41) is 7.72. The molecule has 2 aromatic heterocycles. The van der Waals surface area contributed by atoms with Crippen LogP contribution in [0.15, 0.2) is 47.0 Å². The topological polar surface area (TPSA) is 51.8 Å². The monoisotopic (exact) mass is 325 g/mol. The number of rotatable bonds is 2. The molecule has 2 heterocycles. The van der Waals surface area contributed by atoms with Crippen molar-refractivity contribution in [3.8, 4) is 22.9 Å². The smallest absolute Gasteiger partial charge is 0.416 e. The molecule has 0 spiro atoms. The molecule has 0 atom stereocenters. The molecule has 3 rings (SSSR count). The highest BCUT2D eigenvalue weighted by Crippen LogP contribution is 2.33. The average Bonchev–Trinajstić information content (AvgIpc) is 2.97. The Morgan fingerprint density at radius 3 is 2.50 bits per heavy atom. The van der Waals surface area contributed by atoms with Gasteiger partial charge >= 0.3 is 6.18 Å². The predicted molar refractivity (Wildman–Crippen MR) is 73.0 cm³/mol. The highest BCUT2D eigenvalue weighted by Gasteiger charge is 2.30. The number of hydrogen-bond donors (Lipinski definition) is 0. The van der Waals surface area contributed by atoms with E-state index in [0.717, 1.165) is 12.1 Å². The average molecular weight is 326 g/mol. The van der Waals surface area contributed by atoms with E-state index in [1.165, 1.54) is 18.3 Å². The Labute approximate surface area is 127 Å². The number of alkyl halides is 3. The van der Waals surface area contributed by atoms with E-state index in [1.54, 1.807) is 12.1 Å². The van der Waals surface area contributed by atoms with Crippen molar-refractivity contribution in [1.29, 1.82) is 0 Å². The zero-order chi connectivity index (χ0) is 15.7. The van der Waals surface area contributed by atoms with Crippen molar-refractivity contribution in [3.05, 3.63) is 53.3 Å². The van der Waals surface area contributed by atoms with E-state index in [9.17, 15) is 13.2 Å². The highest BCUT2D eigenvalue weighted by molar-refractivity contribution is 6.31. The summed E-state index contributed by atoms with van der Waals surface area (Å²) in [4.78, 5) is 3.87. The first-order valence-corrected chi connectivity index (χ1v) is 6.45. The van der Waals surface area contributed by atoms with Crippen LogP contribution in [0.3, 0.4) is 0 Å². The van der Waals surface area contributed by atoms with Gasteiger partial charge in [0.05, 0.1) is 11.1 Å². The van der Waals surface area contributed by atoms with Gasteiger partial charge in [0.15, 0.2) is 0 Å². The van der Waals surface area contributed by atoms with Crippen molar-refractivity contribution >= 4 is 11.6 Å². The molecule has 0 aliphatic heterocycles. The van der Waals surface area contributed by atoms with E-state index < -0.39 is 11.7 Å².